The Morgan fingerprint density at radius 2 is 1.89 bits per heavy atom. The van der Waals surface area contributed by atoms with Crippen LogP contribution in [0.25, 0.3) is 11.4 Å². The molecule has 19 heavy (non-hydrogen) atoms. The highest BCUT2D eigenvalue weighted by Crippen LogP contribution is 2.40. The zero-order chi connectivity index (χ0) is 14.0. The van der Waals surface area contributed by atoms with Gasteiger partial charge in [0.05, 0.1) is 26.3 Å². The lowest BCUT2D eigenvalue weighted by molar-refractivity contribution is 0.353. The molecule has 0 aliphatic heterocycles. The summed E-state index contributed by atoms with van der Waals surface area (Å²) in [4.78, 5) is 4.22. The molecule has 6 nitrogen and oxygen atoms in total. The molecule has 6 heteroatoms. The fraction of sp³-hybridized carbons (Fsp3) is 0.385. The quantitative estimate of drug-likeness (QED) is 0.906. The molecule has 0 saturated heterocycles. The van der Waals surface area contributed by atoms with E-state index in [0.29, 0.717) is 23.2 Å². The highest BCUT2D eigenvalue weighted by atomic mass is 16.5. The molecular formula is C13H17N3O3. The van der Waals surface area contributed by atoms with Gasteiger partial charge in [-0.05, 0) is 31.0 Å². The number of aromatic nitrogens is 2. The monoisotopic (exact) mass is 263 g/mol. The maximum atomic E-state index is 5.47. The zero-order valence-electron chi connectivity index (χ0n) is 11.5. The standard InChI is InChI=1S/C13H17N3O3/c1-7-5-9(13-15-10(6-14)19-16-13)12(18-4)11(17-3)8(7)2/h5H,6,14H2,1-4H3. The van der Waals surface area contributed by atoms with Crippen LogP contribution in [0.4, 0.5) is 0 Å². The SMILES string of the molecule is COc1c(-c2noc(CN)n2)cc(C)c(C)c1OC. The highest BCUT2D eigenvalue weighted by molar-refractivity contribution is 5.71. The number of methoxy groups -OCH3 is 2. The van der Waals surface area contributed by atoms with Crippen molar-refractivity contribution in [1.82, 2.24) is 10.1 Å². The Balaban J connectivity index is 2.65. The normalized spacial score (nSPS) is 10.6. The van der Waals surface area contributed by atoms with Crippen molar-refractivity contribution >= 4 is 0 Å². The van der Waals surface area contributed by atoms with Crippen LogP contribution < -0.4 is 15.2 Å². The van der Waals surface area contributed by atoms with Crippen molar-refractivity contribution in [2.24, 2.45) is 5.73 Å². The van der Waals surface area contributed by atoms with Crippen molar-refractivity contribution in [3.63, 3.8) is 0 Å². The first kappa shape index (κ1) is 13.4. The Bertz CT molecular complexity index is 593. The van der Waals surface area contributed by atoms with Gasteiger partial charge in [-0.3, -0.25) is 0 Å². The summed E-state index contributed by atoms with van der Waals surface area (Å²) in [5.74, 6) is 2.10. The van der Waals surface area contributed by atoms with Crippen molar-refractivity contribution in [2.75, 3.05) is 14.2 Å². The van der Waals surface area contributed by atoms with Crippen molar-refractivity contribution < 1.29 is 14.0 Å². The summed E-state index contributed by atoms with van der Waals surface area (Å²) < 4.78 is 15.9. The Labute approximate surface area is 111 Å². The van der Waals surface area contributed by atoms with Gasteiger partial charge >= 0.3 is 0 Å². The van der Waals surface area contributed by atoms with E-state index in [1.165, 1.54) is 0 Å². The number of nitrogens with two attached hydrogens (primary N) is 1. The lowest BCUT2D eigenvalue weighted by Gasteiger charge is -2.15. The number of hydrogen-bond acceptors (Lipinski definition) is 6. The van der Waals surface area contributed by atoms with E-state index in [2.05, 4.69) is 10.1 Å². The van der Waals surface area contributed by atoms with Crippen LogP contribution in [0, 0.1) is 13.8 Å². The molecule has 1 heterocycles. The van der Waals surface area contributed by atoms with Crippen LogP contribution in [0.5, 0.6) is 11.5 Å². The number of nitrogens with zero attached hydrogens (tertiary/aromatic N) is 2. The molecule has 0 fully saturated rings. The van der Waals surface area contributed by atoms with Crippen LogP contribution in [0.1, 0.15) is 17.0 Å². The molecule has 2 rings (SSSR count). The van der Waals surface area contributed by atoms with Gasteiger partial charge in [-0.1, -0.05) is 5.16 Å². The number of aryl methyl sites for hydroxylation is 1. The van der Waals surface area contributed by atoms with Crippen molar-refractivity contribution in [2.45, 2.75) is 20.4 Å². The molecule has 0 radical (unpaired) electrons. The number of benzene rings is 1. The average molecular weight is 263 g/mol. The molecule has 2 N–H and O–H groups in total. The molecule has 2 aromatic rings. The lowest BCUT2D eigenvalue weighted by Crippen LogP contribution is -1.99. The van der Waals surface area contributed by atoms with Crippen molar-refractivity contribution in [3.8, 4) is 22.9 Å². The summed E-state index contributed by atoms with van der Waals surface area (Å²) in [6.07, 6.45) is 0. The summed E-state index contributed by atoms with van der Waals surface area (Å²) >= 11 is 0. The molecule has 0 aliphatic carbocycles. The van der Waals surface area contributed by atoms with Crippen LogP contribution in [0.2, 0.25) is 0 Å². The van der Waals surface area contributed by atoms with E-state index >= 15 is 0 Å². The highest BCUT2D eigenvalue weighted by Gasteiger charge is 2.20. The third-order valence-corrected chi connectivity index (χ3v) is 3.04. The molecule has 0 spiro atoms. The molecule has 1 aromatic carbocycles. The number of rotatable bonds is 4. The van der Waals surface area contributed by atoms with E-state index in [4.69, 9.17) is 19.7 Å². The van der Waals surface area contributed by atoms with E-state index in [1.54, 1.807) is 14.2 Å². The largest absolute Gasteiger partial charge is 0.493 e. The Morgan fingerprint density at radius 3 is 2.42 bits per heavy atom. The van der Waals surface area contributed by atoms with Gasteiger partial charge in [-0.25, -0.2) is 0 Å². The average Bonchev–Trinajstić information content (AvgIpc) is 2.89. The summed E-state index contributed by atoms with van der Waals surface area (Å²) in [6, 6.07) is 1.95. The molecular weight excluding hydrogens is 246 g/mol. The van der Waals surface area contributed by atoms with Crippen LogP contribution in [0.3, 0.4) is 0 Å². The van der Waals surface area contributed by atoms with Gasteiger partial charge in [0, 0.05) is 0 Å². The fourth-order valence-corrected chi connectivity index (χ4v) is 1.92. The first-order valence-electron chi connectivity index (χ1n) is 5.87. The lowest BCUT2D eigenvalue weighted by atomic mass is 10.0. The topological polar surface area (TPSA) is 83.4 Å². The van der Waals surface area contributed by atoms with Crippen LogP contribution >= 0.6 is 0 Å². The Kier molecular flexibility index (Phi) is 3.71. The maximum absolute atomic E-state index is 5.47. The molecule has 0 atom stereocenters. The smallest absolute Gasteiger partial charge is 0.240 e. The van der Waals surface area contributed by atoms with Gasteiger partial charge in [0.2, 0.25) is 11.7 Å². The summed E-state index contributed by atoms with van der Waals surface area (Å²) in [7, 11) is 3.19. The van der Waals surface area contributed by atoms with E-state index in [0.717, 1.165) is 16.7 Å². The van der Waals surface area contributed by atoms with Gasteiger partial charge in [-0.15, -0.1) is 0 Å². The third kappa shape index (κ3) is 2.26. The molecule has 0 unspecified atom stereocenters. The van der Waals surface area contributed by atoms with Crippen LogP contribution in [-0.4, -0.2) is 24.4 Å². The second kappa shape index (κ2) is 5.27. The maximum Gasteiger partial charge on any atom is 0.240 e. The summed E-state index contributed by atoms with van der Waals surface area (Å²) in [5.41, 5.74) is 8.28. The first-order chi connectivity index (χ1) is 9.12. The second-order valence-electron chi connectivity index (χ2n) is 4.15. The fourth-order valence-electron chi connectivity index (χ4n) is 1.92. The van der Waals surface area contributed by atoms with Gasteiger partial charge in [-0.2, -0.15) is 4.98 Å². The van der Waals surface area contributed by atoms with Gasteiger partial charge in [0.1, 0.15) is 0 Å². The third-order valence-electron chi connectivity index (χ3n) is 3.04. The first-order valence-corrected chi connectivity index (χ1v) is 5.87. The second-order valence-corrected chi connectivity index (χ2v) is 4.15. The minimum atomic E-state index is 0.206. The molecule has 0 aliphatic rings. The molecule has 0 saturated carbocycles. The Hall–Kier alpha value is -2.08. The molecule has 0 amide bonds. The summed E-state index contributed by atoms with van der Waals surface area (Å²) in [5, 5.41) is 3.91. The number of hydrogen-bond donors (Lipinski definition) is 1. The van der Waals surface area contributed by atoms with Crippen molar-refractivity contribution in [1.29, 1.82) is 0 Å². The van der Waals surface area contributed by atoms with Gasteiger partial charge < -0.3 is 19.7 Å². The minimum absolute atomic E-state index is 0.206. The molecule has 102 valence electrons. The molecule has 1 aromatic heterocycles. The van der Waals surface area contributed by atoms with E-state index in [-0.39, 0.29) is 6.54 Å². The van der Waals surface area contributed by atoms with E-state index in [9.17, 15) is 0 Å². The van der Waals surface area contributed by atoms with Crippen LogP contribution in [0.15, 0.2) is 10.6 Å². The minimum Gasteiger partial charge on any atom is -0.493 e. The predicted molar refractivity (Wildman–Crippen MR) is 70.2 cm³/mol. The van der Waals surface area contributed by atoms with E-state index in [1.807, 2.05) is 19.9 Å². The van der Waals surface area contributed by atoms with Crippen LogP contribution in [-0.2, 0) is 6.54 Å². The Morgan fingerprint density at radius 1 is 1.21 bits per heavy atom. The van der Waals surface area contributed by atoms with E-state index < -0.39 is 0 Å². The molecule has 0 bridgehead atoms. The summed E-state index contributed by atoms with van der Waals surface area (Å²) in [6.45, 7) is 4.17. The van der Waals surface area contributed by atoms with Gasteiger partial charge in [0.15, 0.2) is 11.5 Å². The van der Waals surface area contributed by atoms with Crippen molar-refractivity contribution in [3.05, 3.63) is 23.1 Å². The number of ether oxygens (including phenoxy) is 2. The predicted octanol–water partition coefficient (Wildman–Crippen LogP) is 1.83. The van der Waals surface area contributed by atoms with Gasteiger partial charge in [0.25, 0.3) is 0 Å². The zero-order valence-corrected chi connectivity index (χ0v) is 11.5.